The van der Waals surface area contributed by atoms with Gasteiger partial charge in [0.05, 0.1) is 52.9 Å². The number of ether oxygens (including phenoxy) is 12. The van der Waals surface area contributed by atoms with E-state index in [9.17, 15) is 141 Å². The molecule has 664 valence electrons. The first-order chi connectivity index (χ1) is 54.0. The Bertz CT molecular complexity index is 3260. The molecule has 9 saturated heterocycles. The van der Waals surface area contributed by atoms with Crippen LogP contribution < -0.4 is 9.05 Å². The largest absolute Gasteiger partial charge is 0.587 e. The molecule has 0 spiro atoms. The molecule has 52 nitrogen and oxygen atoms in total. The van der Waals surface area contributed by atoms with Crippen LogP contribution in [0.5, 0.6) is 11.5 Å². The predicted octanol–water partition coefficient (Wildman–Crippen LogP) is -16.0. The van der Waals surface area contributed by atoms with Gasteiger partial charge in [0.15, 0.2) is 50.3 Å². The van der Waals surface area contributed by atoms with Crippen LogP contribution in [0.15, 0.2) is 60.7 Å². The number of phosphoric ester groups is 3. The molecular weight excluding hydrogens is 1650 g/mol. The van der Waals surface area contributed by atoms with E-state index in [0.29, 0.717) is 0 Å². The number of aliphatic hydroxyl groups is 28. The first-order valence-corrected chi connectivity index (χ1v) is 39.2. The Labute approximate surface area is 647 Å². The average Bonchev–Trinajstić information content (AvgIpc) is 0.764. The van der Waals surface area contributed by atoms with Crippen molar-refractivity contribution in [3.63, 3.8) is 0 Å². The van der Waals surface area contributed by atoms with Crippen LogP contribution >= 0.6 is 23.5 Å². The minimum Gasteiger partial charge on any atom is -0.395 e. The summed E-state index contributed by atoms with van der Waals surface area (Å²) in [6.45, 7) is -5.47. The van der Waals surface area contributed by atoms with E-state index in [-0.39, 0.29) is 11.5 Å². The maximum absolute atomic E-state index is 13.5. The molecule has 9 heterocycles. The number of aliphatic hydroxyl groups excluding tert-OH is 28. The second-order valence-electron chi connectivity index (χ2n) is 26.8. The molecule has 55 heteroatoms. The smallest absolute Gasteiger partial charge is 0.395 e. The highest BCUT2D eigenvalue weighted by Crippen LogP contribution is 2.52. The standard InChI is InChI=1S/C24H31O14P.C12H23O14P.C12H21O13P.C12H22O11/c25-11-15-17(26)19(28)21(30)23(34-15)36-24-22(31)20(29)18(27)16(35-24)12-33-39(32,37-13-7-3-1-4-8-13)38-14-9-5-2-6-10-14;13-1-3-5(14)7(16)9(18)11(24-3)26-12-10(19)8(17)6(15)4(25-12)2-23-27(20,21)22;13-1-3-5(14)6(15)8(17)11(22-3)24-12-9(18)7(16)10-4(23-12)2-21-26(19,20)25-10;13-1-3-5(15)7(17)9(19)11(21-3)23-12-10(20)8(18)6(16)4(2-14)22-12/h1-10,15-31H,11-12H2;3-19H,1-2H2,(H2,20,21,22);3-18H,1-2H2,(H,19,20);3-20H,1-2H2/t15?,16?,17-,18-,19+,20?,21?,22?,23-,24-;3?,4?,5-,6-,7+,8?,9?,10?,11-,12-;3?,4?,5-,6+,7?,8?,9?,10-,11-,12-;3?,4?,5-,6-,7+,8?,9?,10?,11-,12-/m1111/s1. The first kappa shape index (κ1) is 97.3. The minimum atomic E-state index is -4.92. The number of benzene rings is 2. The van der Waals surface area contributed by atoms with E-state index >= 15 is 0 Å². The summed E-state index contributed by atoms with van der Waals surface area (Å²) >= 11 is 0. The summed E-state index contributed by atoms with van der Waals surface area (Å²) in [7, 11) is -13.7. The fourth-order valence-electron chi connectivity index (χ4n) is 12.0. The van der Waals surface area contributed by atoms with Crippen LogP contribution in [0.3, 0.4) is 0 Å². The molecule has 11 rings (SSSR count). The van der Waals surface area contributed by atoms with Crippen molar-refractivity contribution in [1.82, 2.24) is 0 Å². The van der Waals surface area contributed by atoms with Gasteiger partial charge in [-0.2, -0.15) is 0 Å². The summed E-state index contributed by atoms with van der Waals surface area (Å²) in [5, 5.41) is 274. The maximum atomic E-state index is 13.5. The average molecular weight is 1740 g/mol. The molecule has 9 aliphatic rings. The number of hydrogen-bond acceptors (Lipinski definition) is 49. The Morgan fingerprint density at radius 3 is 0.817 bits per heavy atom. The van der Waals surface area contributed by atoms with Gasteiger partial charge in [-0.25, -0.2) is 13.7 Å². The Balaban J connectivity index is 0.000000196. The molecule has 0 aliphatic carbocycles. The highest BCUT2D eigenvalue weighted by atomic mass is 31.2. The molecule has 41 atom stereocenters. The Hall–Kier alpha value is -3.15. The summed E-state index contributed by atoms with van der Waals surface area (Å²) in [5.41, 5.74) is 0. The first-order valence-electron chi connectivity index (χ1n) is 34.7. The van der Waals surface area contributed by atoms with Gasteiger partial charge < -0.3 is 224 Å². The van der Waals surface area contributed by atoms with E-state index in [4.69, 9.17) is 105 Å². The van der Waals surface area contributed by atoms with Crippen molar-refractivity contribution in [2.45, 2.75) is 246 Å². The van der Waals surface area contributed by atoms with Gasteiger partial charge >= 0.3 is 23.5 Å². The molecule has 0 bridgehead atoms. The van der Waals surface area contributed by atoms with Crippen molar-refractivity contribution in [3.05, 3.63) is 60.7 Å². The fraction of sp³-hybridized carbons (Fsp3) is 0.800. The molecule has 0 saturated carbocycles. The van der Waals surface area contributed by atoms with E-state index in [2.05, 4.69) is 9.05 Å². The predicted molar refractivity (Wildman–Crippen MR) is 354 cm³/mol. The lowest BCUT2D eigenvalue weighted by molar-refractivity contribution is -0.377. The molecule has 115 heavy (non-hydrogen) atoms. The molecule has 0 radical (unpaired) electrons. The fourth-order valence-corrected chi connectivity index (χ4v) is 14.6. The summed E-state index contributed by atoms with van der Waals surface area (Å²) in [6.07, 6.45) is -65.0. The third-order valence-electron chi connectivity index (χ3n) is 18.7. The van der Waals surface area contributed by atoms with Crippen LogP contribution in [0.4, 0.5) is 0 Å². The third kappa shape index (κ3) is 24.4. The quantitative estimate of drug-likeness (QED) is 0.0459. The van der Waals surface area contributed by atoms with Crippen LogP contribution in [-0.2, 0) is 88.6 Å². The van der Waals surface area contributed by atoms with Crippen molar-refractivity contribution in [3.8, 4) is 11.5 Å². The van der Waals surface area contributed by atoms with E-state index in [1.807, 2.05) is 0 Å². The van der Waals surface area contributed by atoms with Crippen LogP contribution in [0.25, 0.3) is 0 Å². The van der Waals surface area contributed by atoms with Crippen LogP contribution in [0.1, 0.15) is 0 Å². The van der Waals surface area contributed by atoms with Crippen LogP contribution in [-0.4, -0.2) is 456 Å². The maximum Gasteiger partial charge on any atom is 0.587 e. The van der Waals surface area contributed by atoms with Crippen molar-refractivity contribution >= 4 is 23.5 Å². The number of para-hydroxylation sites is 2. The second kappa shape index (κ2) is 42.8. The number of fused-ring (bicyclic) bond motifs is 1. The SMILES string of the molecule is O=P(O)(O)OCC1O[C@H](O[C@H]2OC(CO)[C@@H](O)[C@H](O)C2O)C(O)C(O)[C@@H]1O.O=P(OCC1O[C@H](O[C@H]2OC(CO)[C@@H](O)[C@H](O)C2O)C(O)C(O)[C@@H]1O)(Oc1ccccc1)Oc1ccccc1.O=P1(O)OCC2O[C@H](O[C@H]3OC(CO)[C@@H](O)[C@H](O)C3O)C(O)C(O)[C@@H]2O1.OCC1O[C@H](O[C@H]2OC(CO)[C@@H](O)[C@H](O)C2O)C(O)C(O)[C@@H]1O. The molecule has 0 aromatic heterocycles. The molecule has 9 aliphatic heterocycles. The number of hydrogen-bond donors (Lipinski definition) is 31. The van der Waals surface area contributed by atoms with Gasteiger partial charge in [-0.3, -0.25) is 18.1 Å². The summed E-state index contributed by atoms with van der Waals surface area (Å²) in [5.74, 6) is 0.308. The summed E-state index contributed by atoms with van der Waals surface area (Å²) in [4.78, 5) is 26.7. The Morgan fingerprint density at radius 1 is 0.322 bits per heavy atom. The highest BCUT2D eigenvalue weighted by Gasteiger charge is 2.57. The molecule has 9 fully saturated rings. The van der Waals surface area contributed by atoms with Gasteiger partial charge in [-0.15, -0.1) is 0 Å². The molecule has 0 amide bonds. The summed E-state index contributed by atoms with van der Waals surface area (Å²) < 4.78 is 128. The van der Waals surface area contributed by atoms with Gasteiger partial charge in [0.25, 0.3) is 0 Å². The topological polar surface area (TPSA) is 844 Å². The lowest BCUT2D eigenvalue weighted by atomic mass is 9.98. The number of rotatable bonds is 23. The van der Waals surface area contributed by atoms with Gasteiger partial charge in [0, 0.05) is 0 Å². The van der Waals surface area contributed by atoms with Crippen molar-refractivity contribution in [2.24, 2.45) is 0 Å². The van der Waals surface area contributed by atoms with Crippen molar-refractivity contribution in [2.75, 3.05) is 52.9 Å². The Morgan fingerprint density at radius 2 is 0.557 bits per heavy atom. The molecular formula is C60H97O52P3. The minimum absolute atomic E-state index is 0.154. The van der Waals surface area contributed by atoms with Gasteiger partial charge in [0.1, 0.15) is 207 Å². The van der Waals surface area contributed by atoms with E-state index in [0.717, 1.165) is 0 Å². The Kier molecular flexibility index (Phi) is 36.2. The van der Waals surface area contributed by atoms with Crippen LogP contribution in [0.2, 0.25) is 0 Å². The van der Waals surface area contributed by atoms with E-state index < -0.39 is 322 Å². The molecule has 21 unspecified atom stereocenters. The summed E-state index contributed by atoms with van der Waals surface area (Å²) in [6, 6.07) is 16.0. The van der Waals surface area contributed by atoms with Crippen molar-refractivity contribution in [1.29, 1.82) is 0 Å². The van der Waals surface area contributed by atoms with Gasteiger partial charge in [-0.1, -0.05) is 36.4 Å². The van der Waals surface area contributed by atoms with Crippen molar-refractivity contribution < 1.29 is 255 Å². The zero-order chi connectivity index (χ0) is 85.2. The monoisotopic (exact) mass is 1740 g/mol. The zero-order valence-electron chi connectivity index (χ0n) is 59.3. The van der Waals surface area contributed by atoms with Gasteiger partial charge in [-0.05, 0) is 24.3 Å². The second-order valence-corrected chi connectivity index (χ2v) is 30.9. The number of phosphoric acid groups is 3. The normalized spacial score (nSPS) is 45.7. The molecule has 2 aromatic carbocycles. The lowest BCUT2D eigenvalue weighted by Gasteiger charge is -2.46. The van der Waals surface area contributed by atoms with E-state index in [1.165, 1.54) is 24.3 Å². The molecule has 31 N–H and O–H groups in total. The highest BCUT2D eigenvalue weighted by molar-refractivity contribution is 7.49. The van der Waals surface area contributed by atoms with Crippen LogP contribution in [0, 0.1) is 0 Å². The zero-order valence-corrected chi connectivity index (χ0v) is 62.0. The van der Waals surface area contributed by atoms with E-state index in [1.54, 1.807) is 36.4 Å². The lowest BCUT2D eigenvalue weighted by Crippen LogP contribution is -2.64. The molecule has 2 aromatic rings. The third-order valence-corrected chi connectivity index (χ3v) is 21.5. The van der Waals surface area contributed by atoms with Gasteiger partial charge in [0.2, 0.25) is 0 Å².